The Morgan fingerprint density at radius 3 is 2.79 bits per heavy atom. The zero-order valence-electron chi connectivity index (χ0n) is 10.1. The second-order valence-electron chi connectivity index (χ2n) is 4.08. The van der Waals surface area contributed by atoms with Crippen LogP contribution >= 0.6 is 27.3 Å². The summed E-state index contributed by atoms with van der Waals surface area (Å²) in [6.07, 6.45) is 1.84. The third kappa shape index (κ3) is 2.17. The molecule has 0 saturated carbocycles. The largest absolute Gasteiger partial charge is 0.382 e. The van der Waals surface area contributed by atoms with Crippen LogP contribution in [0.3, 0.4) is 0 Å². The van der Waals surface area contributed by atoms with E-state index in [1.54, 1.807) is 11.3 Å². The smallest absolute Gasteiger partial charge is 0.153 e. The van der Waals surface area contributed by atoms with E-state index in [0.717, 1.165) is 31.2 Å². The highest BCUT2D eigenvalue weighted by molar-refractivity contribution is 9.10. The normalized spacial score (nSPS) is 10.8. The molecule has 3 N–H and O–H groups in total. The van der Waals surface area contributed by atoms with Gasteiger partial charge in [0.05, 0.1) is 21.1 Å². The molecule has 96 valence electrons. The van der Waals surface area contributed by atoms with Crippen molar-refractivity contribution in [1.82, 2.24) is 15.2 Å². The number of nitrogens with zero attached hydrogens (tertiary/aromatic N) is 2. The van der Waals surface area contributed by atoms with E-state index in [9.17, 15) is 0 Å². The maximum absolute atomic E-state index is 6.01. The summed E-state index contributed by atoms with van der Waals surface area (Å²) in [6, 6.07) is 7.96. The molecule has 0 aliphatic carbocycles. The van der Waals surface area contributed by atoms with Crippen LogP contribution in [0.2, 0.25) is 0 Å². The third-order valence-electron chi connectivity index (χ3n) is 2.81. The molecule has 6 heteroatoms. The first-order valence-electron chi connectivity index (χ1n) is 5.68. The number of nitrogen functional groups attached to an aromatic ring is 1. The fourth-order valence-corrected chi connectivity index (χ4v) is 3.21. The molecule has 0 spiro atoms. The number of hydrogen-bond donors (Lipinski definition) is 2. The Morgan fingerprint density at radius 1 is 1.32 bits per heavy atom. The molecule has 4 nitrogen and oxygen atoms in total. The van der Waals surface area contributed by atoms with Crippen molar-refractivity contribution >= 4 is 33.1 Å². The van der Waals surface area contributed by atoms with Gasteiger partial charge in [0.1, 0.15) is 0 Å². The van der Waals surface area contributed by atoms with Gasteiger partial charge in [-0.2, -0.15) is 5.10 Å². The maximum Gasteiger partial charge on any atom is 0.153 e. The highest BCUT2D eigenvalue weighted by Crippen LogP contribution is 2.39. The molecule has 0 bridgehead atoms. The van der Waals surface area contributed by atoms with Crippen molar-refractivity contribution in [3.63, 3.8) is 0 Å². The summed E-state index contributed by atoms with van der Waals surface area (Å²) in [5.41, 5.74) is 8.86. The number of aryl methyl sites for hydroxylation is 1. The summed E-state index contributed by atoms with van der Waals surface area (Å²) >= 11 is 5.17. The van der Waals surface area contributed by atoms with Crippen molar-refractivity contribution in [2.75, 3.05) is 5.73 Å². The number of nitrogens with one attached hydrogen (secondary N) is 1. The number of rotatable bonds is 2. The first kappa shape index (κ1) is 12.4. The molecule has 1 aromatic carbocycles. The van der Waals surface area contributed by atoms with Gasteiger partial charge in [0, 0.05) is 16.2 Å². The molecule has 0 saturated heterocycles. The second kappa shape index (κ2) is 4.79. The maximum atomic E-state index is 6.01. The molecule has 0 fully saturated rings. The molecule has 0 aliphatic rings. The van der Waals surface area contributed by atoms with Crippen LogP contribution < -0.4 is 5.73 Å². The quantitative estimate of drug-likeness (QED) is 0.747. The van der Waals surface area contributed by atoms with E-state index in [1.165, 1.54) is 0 Å². The average molecular weight is 335 g/mol. The summed E-state index contributed by atoms with van der Waals surface area (Å²) in [5.74, 6) is 0.493. The average Bonchev–Trinajstić information content (AvgIpc) is 2.96. The number of thiazole rings is 1. The van der Waals surface area contributed by atoms with E-state index < -0.39 is 0 Å². The van der Waals surface area contributed by atoms with Gasteiger partial charge < -0.3 is 5.73 Å². The minimum atomic E-state index is 0.493. The Kier molecular flexibility index (Phi) is 3.12. The van der Waals surface area contributed by atoms with Crippen LogP contribution in [0.1, 0.15) is 5.01 Å². The SMILES string of the molecule is Cc1ncc(-c2[nH]nc(N)c2-c2ccccc2Br)s1. The number of benzene rings is 1. The van der Waals surface area contributed by atoms with Crippen molar-refractivity contribution in [3.05, 3.63) is 39.9 Å². The van der Waals surface area contributed by atoms with Crippen LogP contribution in [-0.4, -0.2) is 15.2 Å². The van der Waals surface area contributed by atoms with Gasteiger partial charge in [-0.15, -0.1) is 11.3 Å². The van der Waals surface area contributed by atoms with Crippen molar-refractivity contribution in [3.8, 4) is 21.7 Å². The number of aromatic amines is 1. The number of hydrogen-bond acceptors (Lipinski definition) is 4. The molecule has 0 amide bonds. The molecule has 3 aromatic rings. The Balaban J connectivity index is 2.22. The fraction of sp³-hybridized carbons (Fsp3) is 0.0769. The lowest BCUT2D eigenvalue weighted by atomic mass is 10.1. The minimum Gasteiger partial charge on any atom is -0.382 e. The molecular formula is C13H11BrN4S. The lowest BCUT2D eigenvalue weighted by Crippen LogP contribution is -1.89. The topological polar surface area (TPSA) is 67.6 Å². The molecule has 0 aliphatic heterocycles. The first-order valence-corrected chi connectivity index (χ1v) is 7.29. The number of nitrogens with two attached hydrogens (primary N) is 1. The standard InChI is InChI=1S/C13H11BrN4S/c1-7-16-6-10(19-7)12-11(13(15)18-17-12)8-4-2-3-5-9(8)14/h2-6H,1H3,(H3,15,17,18). The molecule has 2 aromatic heterocycles. The van der Waals surface area contributed by atoms with Gasteiger partial charge in [0.15, 0.2) is 5.82 Å². The van der Waals surface area contributed by atoms with E-state index in [0.29, 0.717) is 5.82 Å². The van der Waals surface area contributed by atoms with Gasteiger partial charge in [-0.1, -0.05) is 34.1 Å². The van der Waals surface area contributed by atoms with Crippen molar-refractivity contribution < 1.29 is 0 Å². The highest BCUT2D eigenvalue weighted by atomic mass is 79.9. The van der Waals surface area contributed by atoms with E-state index in [4.69, 9.17) is 5.73 Å². The van der Waals surface area contributed by atoms with Crippen LogP contribution in [0.5, 0.6) is 0 Å². The zero-order valence-corrected chi connectivity index (χ0v) is 12.5. The number of anilines is 1. The van der Waals surface area contributed by atoms with Crippen molar-refractivity contribution in [2.45, 2.75) is 6.92 Å². The van der Waals surface area contributed by atoms with Crippen LogP contribution in [-0.2, 0) is 0 Å². The number of halogens is 1. The van der Waals surface area contributed by atoms with Gasteiger partial charge in [-0.05, 0) is 13.0 Å². The van der Waals surface area contributed by atoms with Crippen molar-refractivity contribution in [2.24, 2.45) is 0 Å². The Labute approximate surface area is 122 Å². The van der Waals surface area contributed by atoms with Gasteiger partial charge in [0.25, 0.3) is 0 Å². The molecule has 0 unspecified atom stereocenters. The summed E-state index contributed by atoms with van der Waals surface area (Å²) in [5, 5.41) is 8.15. The van der Waals surface area contributed by atoms with E-state index in [-0.39, 0.29) is 0 Å². The van der Waals surface area contributed by atoms with Gasteiger partial charge >= 0.3 is 0 Å². The Hall–Kier alpha value is -1.66. The summed E-state index contributed by atoms with van der Waals surface area (Å²) in [6.45, 7) is 1.98. The van der Waals surface area contributed by atoms with Gasteiger partial charge in [0.2, 0.25) is 0 Å². The first-order chi connectivity index (χ1) is 9.16. The van der Waals surface area contributed by atoms with E-state index >= 15 is 0 Å². The number of aromatic nitrogens is 3. The van der Waals surface area contributed by atoms with E-state index in [1.807, 2.05) is 37.4 Å². The Morgan fingerprint density at radius 2 is 2.11 bits per heavy atom. The summed E-state index contributed by atoms with van der Waals surface area (Å²) in [7, 11) is 0. The van der Waals surface area contributed by atoms with Crippen LogP contribution in [0, 0.1) is 6.92 Å². The van der Waals surface area contributed by atoms with Crippen LogP contribution in [0.25, 0.3) is 21.7 Å². The van der Waals surface area contributed by atoms with Crippen molar-refractivity contribution in [1.29, 1.82) is 0 Å². The Bertz CT molecular complexity index is 732. The molecule has 0 radical (unpaired) electrons. The minimum absolute atomic E-state index is 0.493. The van der Waals surface area contributed by atoms with E-state index in [2.05, 4.69) is 31.1 Å². The number of H-pyrrole nitrogens is 1. The molecule has 0 atom stereocenters. The molecule has 3 rings (SSSR count). The monoisotopic (exact) mass is 334 g/mol. The van der Waals surface area contributed by atoms with Gasteiger partial charge in [-0.3, -0.25) is 5.10 Å². The predicted molar refractivity (Wildman–Crippen MR) is 82.0 cm³/mol. The van der Waals surface area contributed by atoms with Gasteiger partial charge in [-0.25, -0.2) is 4.98 Å². The zero-order chi connectivity index (χ0) is 13.4. The predicted octanol–water partition coefficient (Wildman–Crippen LogP) is 3.85. The lowest BCUT2D eigenvalue weighted by molar-refractivity contribution is 1.10. The molecule has 19 heavy (non-hydrogen) atoms. The summed E-state index contributed by atoms with van der Waals surface area (Å²) < 4.78 is 0.991. The molecule has 2 heterocycles. The summed E-state index contributed by atoms with van der Waals surface area (Å²) in [4.78, 5) is 5.31. The highest BCUT2D eigenvalue weighted by Gasteiger charge is 2.18. The van der Waals surface area contributed by atoms with Crippen LogP contribution in [0.15, 0.2) is 34.9 Å². The fourth-order valence-electron chi connectivity index (χ4n) is 1.95. The third-order valence-corrected chi connectivity index (χ3v) is 4.43. The molecular weight excluding hydrogens is 324 g/mol. The second-order valence-corrected chi connectivity index (χ2v) is 6.17. The van der Waals surface area contributed by atoms with Crippen LogP contribution in [0.4, 0.5) is 5.82 Å². The lowest BCUT2D eigenvalue weighted by Gasteiger charge is -2.05.